The van der Waals surface area contributed by atoms with Crippen molar-refractivity contribution in [1.29, 1.82) is 0 Å². The fourth-order valence-corrected chi connectivity index (χ4v) is 4.42. The van der Waals surface area contributed by atoms with Crippen LogP contribution >= 0.6 is 0 Å². The predicted octanol–water partition coefficient (Wildman–Crippen LogP) is 2.46. The van der Waals surface area contributed by atoms with E-state index in [2.05, 4.69) is 5.32 Å². The van der Waals surface area contributed by atoms with Gasteiger partial charge in [-0.2, -0.15) is 0 Å². The molecule has 2 atom stereocenters. The van der Waals surface area contributed by atoms with Crippen LogP contribution in [0.3, 0.4) is 0 Å². The average molecular weight is 388 g/mol. The zero-order chi connectivity index (χ0) is 20.1. The Labute approximate surface area is 167 Å². The second-order valence-corrected chi connectivity index (χ2v) is 8.47. The van der Waals surface area contributed by atoms with Crippen molar-refractivity contribution in [3.8, 4) is 5.75 Å². The largest absolute Gasteiger partial charge is 0.497 e. The SMILES string of the molecule is COc1ccc(CNC(=O)C2CCN(C(=O)C3CCCCC3(C)N)CC2)cc1. The Kier molecular flexibility index (Phi) is 6.60. The molecule has 1 aromatic carbocycles. The first-order chi connectivity index (χ1) is 13.4. The first-order valence-corrected chi connectivity index (χ1v) is 10.4. The summed E-state index contributed by atoms with van der Waals surface area (Å²) in [7, 11) is 1.64. The van der Waals surface area contributed by atoms with E-state index in [1.54, 1.807) is 7.11 Å². The summed E-state index contributed by atoms with van der Waals surface area (Å²) < 4.78 is 5.15. The molecule has 0 aromatic heterocycles. The number of hydrogen-bond acceptors (Lipinski definition) is 4. The van der Waals surface area contributed by atoms with Gasteiger partial charge in [0.25, 0.3) is 0 Å². The summed E-state index contributed by atoms with van der Waals surface area (Å²) in [5, 5.41) is 3.02. The fourth-order valence-electron chi connectivity index (χ4n) is 4.42. The lowest BCUT2D eigenvalue weighted by Crippen LogP contribution is -2.55. The molecule has 3 rings (SSSR count). The number of methoxy groups -OCH3 is 1. The van der Waals surface area contributed by atoms with Crippen LogP contribution in [0.1, 0.15) is 51.0 Å². The van der Waals surface area contributed by atoms with Gasteiger partial charge in [-0.05, 0) is 50.3 Å². The zero-order valence-corrected chi connectivity index (χ0v) is 17.1. The molecule has 2 fully saturated rings. The number of carbonyl (C=O) groups is 2. The van der Waals surface area contributed by atoms with Crippen molar-refractivity contribution in [2.24, 2.45) is 17.6 Å². The molecular formula is C22H33N3O3. The van der Waals surface area contributed by atoms with E-state index < -0.39 is 5.54 Å². The number of nitrogens with one attached hydrogen (secondary N) is 1. The number of likely N-dealkylation sites (tertiary alicyclic amines) is 1. The number of carbonyl (C=O) groups excluding carboxylic acids is 2. The number of piperidine rings is 1. The van der Waals surface area contributed by atoms with Crippen LogP contribution in [-0.4, -0.2) is 42.5 Å². The van der Waals surface area contributed by atoms with E-state index in [-0.39, 0.29) is 23.7 Å². The lowest BCUT2D eigenvalue weighted by atomic mass is 9.73. The van der Waals surface area contributed by atoms with Crippen molar-refractivity contribution < 1.29 is 14.3 Å². The highest BCUT2D eigenvalue weighted by Gasteiger charge is 2.40. The third-order valence-electron chi connectivity index (χ3n) is 6.36. The first-order valence-electron chi connectivity index (χ1n) is 10.4. The molecule has 2 aliphatic rings. The summed E-state index contributed by atoms with van der Waals surface area (Å²) in [6, 6.07) is 7.69. The molecule has 0 spiro atoms. The molecule has 1 aliphatic carbocycles. The molecule has 154 valence electrons. The van der Waals surface area contributed by atoms with Crippen LogP contribution in [-0.2, 0) is 16.1 Å². The summed E-state index contributed by atoms with van der Waals surface area (Å²) in [6.45, 7) is 3.81. The molecule has 1 saturated carbocycles. The number of hydrogen-bond donors (Lipinski definition) is 2. The molecule has 6 heteroatoms. The van der Waals surface area contributed by atoms with Gasteiger partial charge in [0.2, 0.25) is 11.8 Å². The predicted molar refractivity (Wildman–Crippen MR) is 109 cm³/mol. The van der Waals surface area contributed by atoms with Crippen LogP contribution in [0.15, 0.2) is 24.3 Å². The van der Waals surface area contributed by atoms with E-state index >= 15 is 0 Å². The third-order valence-corrected chi connectivity index (χ3v) is 6.36. The minimum Gasteiger partial charge on any atom is -0.497 e. The highest BCUT2D eigenvalue weighted by atomic mass is 16.5. The topological polar surface area (TPSA) is 84.7 Å². The molecule has 6 nitrogen and oxygen atoms in total. The van der Waals surface area contributed by atoms with Gasteiger partial charge in [-0.25, -0.2) is 0 Å². The van der Waals surface area contributed by atoms with E-state index in [4.69, 9.17) is 10.5 Å². The van der Waals surface area contributed by atoms with Gasteiger partial charge in [0, 0.05) is 31.1 Å². The minimum atomic E-state index is -0.401. The molecule has 1 saturated heterocycles. The lowest BCUT2D eigenvalue weighted by Gasteiger charge is -2.41. The van der Waals surface area contributed by atoms with Gasteiger partial charge in [0.05, 0.1) is 13.0 Å². The monoisotopic (exact) mass is 387 g/mol. The third kappa shape index (κ3) is 4.85. The van der Waals surface area contributed by atoms with Crippen LogP contribution in [0.5, 0.6) is 5.75 Å². The maximum absolute atomic E-state index is 12.9. The van der Waals surface area contributed by atoms with E-state index in [1.807, 2.05) is 36.1 Å². The van der Waals surface area contributed by atoms with Crippen LogP contribution in [0.2, 0.25) is 0 Å². The standard InChI is InChI=1S/C22H33N3O3/c1-22(23)12-4-3-5-19(22)21(27)25-13-10-17(11-14-25)20(26)24-15-16-6-8-18(28-2)9-7-16/h6-9,17,19H,3-5,10-15,23H2,1-2H3,(H,24,26). The molecule has 2 unspecified atom stereocenters. The Morgan fingerprint density at radius 1 is 1.18 bits per heavy atom. The molecule has 1 aliphatic heterocycles. The second kappa shape index (κ2) is 8.95. The Hall–Kier alpha value is -2.08. The minimum absolute atomic E-state index is 0.0297. The molecule has 1 heterocycles. The smallest absolute Gasteiger partial charge is 0.227 e. The lowest BCUT2D eigenvalue weighted by molar-refractivity contribution is -0.142. The molecule has 28 heavy (non-hydrogen) atoms. The molecular weight excluding hydrogens is 354 g/mol. The van der Waals surface area contributed by atoms with Crippen molar-refractivity contribution in [2.75, 3.05) is 20.2 Å². The number of rotatable bonds is 5. The van der Waals surface area contributed by atoms with Gasteiger partial charge in [-0.1, -0.05) is 25.0 Å². The molecule has 0 radical (unpaired) electrons. The van der Waals surface area contributed by atoms with Crippen molar-refractivity contribution >= 4 is 11.8 Å². The highest BCUT2D eigenvalue weighted by Crippen LogP contribution is 2.34. The molecule has 2 amide bonds. The van der Waals surface area contributed by atoms with Crippen LogP contribution < -0.4 is 15.8 Å². The van der Waals surface area contributed by atoms with Crippen LogP contribution in [0, 0.1) is 11.8 Å². The van der Waals surface area contributed by atoms with Crippen molar-refractivity contribution in [3.63, 3.8) is 0 Å². The fraction of sp³-hybridized carbons (Fsp3) is 0.636. The number of amides is 2. The molecule has 3 N–H and O–H groups in total. The molecule has 1 aromatic rings. The quantitative estimate of drug-likeness (QED) is 0.813. The van der Waals surface area contributed by atoms with Crippen molar-refractivity contribution in [3.05, 3.63) is 29.8 Å². The first kappa shape index (κ1) is 20.6. The maximum Gasteiger partial charge on any atom is 0.227 e. The summed E-state index contributed by atoms with van der Waals surface area (Å²) >= 11 is 0. The Morgan fingerprint density at radius 2 is 1.86 bits per heavy atom. The van der Waals surface area contributed by atoms with Gasteiger partial charge in [-0.3, -0.25) is 9.59 Å². The van der Waals surface area contributed by atoms with Gasteiger partial charge < -0.3 is 20.7 Å². The van der Waals surface area contributed by atoms with E-state index in [0.29, 0.717) is 32.5 Å². The van der Waals surface area contributed by atoms with E-state index in [9.17, 15) is 9.59 Å². The Balaban J connectivity index is 1.46. The second-order valence-electron chi connectivity index (χ2n) is 8.47. The number of nitrogens with two attached hydrogens (primary N) is 1. The van der Waals surface area contributed by atoms with Gasteiger partial charge in [0.1, 0.15) is 5.75 Å². The number of benzene rings is 1. The number of nitrogens with zero attached hydrogens (tertiary/aromatic N) is 1. The summed E-state index contributed by atoms with van der Waals surface area (Å²) in [5.41, 5.74) is 7.04. The normalized spacial score (nSPS) is 26.0. The summed E-state index contributed by atoms with van der Waals surface area (Å²) in [4.78, 5) is 27.4. The Morgan fingerprint density at radius 3 is 2.46 bits per heavy atom. The van der Waals surface area contributed by atoms with Crippen molar-refractivity contribution in [2.45, 2.75) is 57.5 Å². The summed E-state index contributed by atoms with van der Waals surface area (Å²) in [6.07, 6.45) is 5.41. The highest BCUT2D eigenvalue weighted by molar-refractivity contribution is 5.82. The average Bonchev–Trinajstić information content (AvgIpc) is 2.71. The van der Waals surface area contributed by atoms with Gasteiger partial charge in [0.15, 0.2) is 0 Å². The maximum atomic E-state index is 12.9. The van der Waals surface area contributed by atoms with Crippen molar-refractivity contribution in [1.82, 2.24) is 10.2 Å². The van der Waals surface area contributed by atoms with Crippen LogP contribution in [0.4, 0.5) is 0 Å². The number of ether oxygens (including phenoxy) is 1. The van der Waals surface area contributed by atoms with E-state index in [0.717, 1.165) is 37.0 Å². The van der Waals surface area contributed by atoms with Gasteiger partial charge >= 0.3 is 0 Å². The zero-order valence-electron chi connectivity index (χ0n) is 17.1. The van der Waals surface area contributed by atoms with Crippen LogP contribution in [0.25, 0.3) is 0 Å². The molecule has 0 bridgehead atoms. The summed E-state index contributed by atoms with van der Waals surface area (Å²) in [5.74, 6) is 0.948. The van der Waals surface area contributed by atoms with Gasteiger partial charge in [-0.15, -0.1) is 0 Å². The Bertz CT molecular complexity index is 679. The van der Waals surface area contributed by atoms with E-state index in [1.165, 1.54) is 0 Å².